The van der Waals surface area contributed by atoms with Crippen LogP contribution in [0.4, 0.5) is 4.79 Å². The molecule has 0 unspecified atom stereocenters. The van der Waals surface area contributed by atoms with Crippen LogP contribution in [0.2, 0.25) is 0 Å². The molecule has 6 heteroatoms. The third kappa shape index (κ3) is 5.09. The van der Waals surface area contributed by atoms with Crippen molar-refractivity contribution in [2.45, 2.75) is 98.6 Å². The van der Waals surface area contributed by atoms with E-state index in [0.29, 0.717) is 6.54 Å². The van der Waals surface area contributed by atoms with Crippen LogP contribution in [0.25, 0.3) is 0 Å². The number of rotatable bonds is 4. The minimum Gasteiger partial charge on any atom is -0.444 e. The van der Waals surface area contributed by atoms with E-state index in [1.165, 1.54) is 0 Å². The molecule has 1 amide bonds. The summed E-state index contributed by atoms with van der Waals surface area (Å²) in [6.45, 7) is 20.4. The van der Waals surface area contributed by atoms with Gasteiger partial charge in [0.15, 0.2) is 0 Å². The minimum atomic E-state index is -0.524. The summed E-state index contributed by atoms with van der Waals surface area (Å²) >= 11 is 0. The van der Waals surface area contributed by atoms with Crippen molar-refractivity contribution >= 4 is 18.7 Å². The van der Waals surface area contributed by atoms with Crippen LogP contribution >= 0.6 is 0 Å². The topological polar surface area (TPSA) is 48.0 Å². The number of carbonyl (C=O) groups excluding carboxylic acids is 1. The monoisotopic (exact) mass is 389 g/mol. The Bertz CT molecular complexity index is 706. The van der Waals surface area contributed by atoms with Gasteiger partial charge in [0.1, 0.15) is 5.60 Å². The molecule has 1 aromatic rings. The molecule has 0 aromatic heterocycles. The first-order chi connectivity index (χ1) is 12.6. The SMILES string of the molecule is Cc1ccc(B2OC(C)(C)C(C)(C)O2)cc1CN(C(=O)OC(C)(C)C)C(C)C. The van der Waals surface area contributed by atoms with Crippen LogP contribution in [0, 0.1) is 6.92 Å². The zero-order valence-electron chi connectivity index (χ0n) is 19.2. The van der Waals surface area contributed by atoms with E-state index < -0.39 is 12.7 Å². The molecule has 1 aromatic carbocycles. The van der Waals surface area contributed by atoms with Gasteiger partial charge in [0.25, 0.3) is 0 Å². The largest absolute Gasteiger partial charge is 0.494 e. The lowest BCUT2D eigenvalue weighted by Gasteiger charge is -2.32. The van der Waals surface area contributed by atoms with Gasteiger partial charge in [-0.1, -0.05) is 18.2 Å². The highest BCUT2D eigenvalue weighted by molar-refractivity contribution is 6.62. The third-order valence-corrected chi connectivity index (χ3v) is 5.49. The predicted octanol–water partition coefficient (Wildman–Crippen LogP) is 4.44. The molecular formula is C22H36BNO4. The molecular weight excluding hydrogens is 353 g/mol. The van der Waals surface area contributed by atoms with E-state index in [0.717, 1.165) is 16.6 Å². The molecule has 0 bridgehead atoms. The fraction of sp³-hybridized carbons (Fsp3) is 0.682. The third-order valence-electron chi connectivity index (χ3n) is 5.49. The minimum absolute atomic E-state index is 0.0229. The maximum atomic E-state index is 12.7. The summed E-state index contributed by atoms with van der Waals surface area (Å²) in [5, 5.41) is 0. The molecule has 0 N–H and O–H groups in total. The Morgan fingerprint density at radius 3 is 2.14 bits per heavy atom. The summed E-state index contributed by atoms with van der Waals surface area (Å²) in [7, 11) is -0.418. The van der Waals surface area contributed by atoms with Gasteiger partial charge in [-0.2, -0.15) is 0 Å². The first kappa shape index (κ1) is 22.8. The van der Waals surface area contributed by atoms with Crippen LogP contribution in [-0.2, 0) is 20.6 Å². The highest BCUT2D eigenvalue weighted by atomic mass is 16.7. The Morgan fingerprint density at radius 1 is 1.14 bits per heavy atom. The quantitative estimate of drug-likeness (QED) is 0.715. The molecule has 28 heavy (non-hydrogen) atoms. The van der Waals surface area contributed by atoms with Gasteiger partial charge in [-0.3, -0.25) is 0 Å². The van der Waals surface area contributed by atoms with Crippen LogP contribution in [-0.4, -0.2) is 41.0 Å². The van der Waals surface area contributed by atoms with Crippen LogP contribution in [0.1, 0.15) is 73.4 Å². The van der Waals surface area contributed by atoms with Crippen molar-refractivity contribution in [3.8, 4) is 0 Å². The maximum Gasteiger partial charge on any atom is 0.494 e. The standard InChI is InChI=1S/C22H36BNO4/c1-15(2)24(19(25)26-20(4,5)6)14-17-13-18(12-11-16(17)3)23-27-21(7,8)22(9,10)28-23/h11-13,15H,14H2,1-10H3. The Kier molecular flexibility index (Phi) is 6.27. The van der Waals surface area contributed by atoms with E-state index in [1.54, 1.807) is 4.90 Å². The van der Waals surface area contributed by atoms with Gasteiger partial charge in [-0.05, 0) is 85.8 Å². The lowest BCUT2D eigenvalue weighted by atomic mass is 9.77. The fourth-order valence-corrected chi connectivity index (χ4v) is 2.95. The van der Waals surface area contributed by atoms with Crippen LogP contribution < -0.4 is 5.46 Å². The number of ether oxygens (including phenoxy) is 1. The van der Waals surface area contributed by atoms with E-state index >= 15 is 0 Å². The molecule has 0 atom stereocenters. The van der Waals surface area contributed by atoms with Gasteiger partial charge < -0.3 is 18.9 Å². The molecule has 1 aliphatic heterocycles. The van der Waals surface area contributed by atoms with E-state index in [-0.39, 0.29) is 23.3 Å². The lowest BCUT2D eigenvalue weighted by molar-refractivity contribution is 0.00578. The molecule has 0 saturated carbocycles. The van der Waals surface area contributed by atoms with Crippen molar-refractivity contribution in [2.24, 2.45) is 0 Å². The molecule has 0 radical (unpaired) electrons. The molecule has 2 rings (SSSR count). The van der Waals surface area contributed by atoms with E-state index in [2.05, 4.69) is 19.1 Å². The second kappa shape index (κ2) is 7.71. The van der Waals surface area contributed by atoms with Crippen LogP contribution in [0.15, 0.2) is 18.2 Å². The van der Waals surface area contributed by atoms with Crippen molar-refractivity contribution in [3.05, 3.63) is 29.3 Å². The number of hydrogen-bond acceptors (Lipinski definition) is 4. The Morgan fingerprint density at radius 2 is 1.68 bits per heavy atom. The van der Waals surface area contributed by atoms with Gasteiger partial charge in [-0.25, -0.2) is 4.79 Å². The first-order valence-electron chi connectivity index (χ1n) is 10.1. The second-order valence-corrected chi connectivity index (χ2v) is 9.98. The molecule has 1 saturated heterocycles. The first-order valence-corrected chi connectivity index (χ1v) is 10.1. The van der Waals surface area contributed by atoms with Crippen molar-refractivity contribution in [3.63, 3.8) is 0 Å². The summed E-state index contributed by atoms with van der Waals surface area (Å²) in [6, 6.07) is 6.20. The van der Waals surface area contributed by atoms with Gasteiger partial charge in [0, 0.05) is 12.6 Å². The smallest absolute Gasteiger partial charge is 0.444 e. The zero-order valence-corrected chi connectivity index (χ0v) is 19.2. The average Bonchev–Trinajstić information content (AvgIpc) is 2.72. The number of hydrogen-bond donors (Lipinski definition) is 0. The average molecular weight is 389 g/mol. The Hall–Kier alpha value is -1.53. The number of nitrogens with zero attached hydrogens (tertiary/aromatic N) is 1. The molecule has 0 spiro atoms. The van der Waals surface area contributed by atoms with Crippen LogP contribution in [0.5, 0.6) is 0 Å². The molecule has 1 fully saturated rings. The lowest BCUT2D eigenvalue weighted by Crippen LogP contribution is -2.41. The molecule has 5 nitrogen and oxygen atoms in total. The van der Waals surface area contributed by atoms with Gasteiger partial charge in [0.05, 0.1) is 11.2 Å². The summed E-state index contributed by atoms with van der Waals surface area (Å²) < 4.78 is 18.0. The summed E-state index contributed by atoms with van der Waals surface area (Å²) in [6.07, 6.45) is -0.303. The highest BCUT2D eigenvalue weighted by Crippen LogP contribution is 2.36. The van der Waals surface area contributed by atoms with Gasteiger partial charge in [0.2, 0.25) is 0 Å². The summed E-state index contributed by atoms with van der Waals surface area (Å²) in [5.41, 5.74) is 1.85. The normalized spacial score (nSPS) is 18.5. The summed E-state index contributed by atoms with van der Waals surface area (Å²) in [5.74, 6) is 0. The Labute approximate surface area is 170 Å². The van der Waals surface area contributed by atoms with E-state index in [9.17, 15) is 4.79 Å². The van der Waals surface area contributed by atoms with Crippen molar-refractivity contribution in [1.82, 2.24) is 4.90 Å². The zero-order chi connectivity index (χ0) is 21.5. The van der Waals surface area contributed by atoms with Crippen molar-refractivity contribution < 1.29 is 18.8 Å². The number of carbonyl (C=O) groups is 1. The van der Waals surface area contributed by atoms with Gasteiger partial charge in [-0.15, -0.1) is 0 Å². The van der Waals surface area contributed by atoms with Crippen molar-refractivity contribution in [2.75, 3.05) is 0 Å². The van der Waals surface area contributed by atoms with E-state index in [1.807, 2.05) is 68.4 Å². The molecule has 0 aliphatic carbocycles. The van der Waals surface area contributed by atoms with Crippen LogP contribution in [0.3, 0.4) is 0 Å². The van der Waals surface area contributed by atoms with Crippen molar-refractivity contribution in [1.29, 1.82) is 0 Å². The van der Waals surface area contributed by atoms with Gasteiger partial charge >= 0.3 is 13.2 Å². The van der Waals surface area contributed by atoms with E-state index in [4.69, 9.17) is 14.0 Å². The maximum absolute atomic E-state index is 12.7. The number of aryl methyl sites for hydroxylation is 1. The molecule has 1 aliphatic rings. The molecule has 156 valence electrons. The molecule has 1 heterocycles. The highest BCUT2D eigenvalue weighted by Gasteiger charge is 2.51. The second-order valence-electron chi connectivity index (χ2n) is 9.98. The Balaban J connectivity index is 2.26. The predicted molar refractivity (Wildman–Crippen MR) is 114 cm³/mol. The number of amides is 1. The number of benzene rings is 1. The summed E-state index contributed by atoms with van der Waals surface area (Å²) in [4.78, 5) is 14.4. The fourth-order valence-electron chi connectivity index (χ4n) is 2.95.